The molecule has 0 N–H and O–H groups in total. The van der Waals surface area contributed by atoms with Gasteiger partial charge in [0.15, 0.2) is 0 Å². The maximum atomic E-state index is 12.9. The van der Waals surface area contributed by atoms with E-state index < -0.39 is 0 Å². The molecular formula is C15H19Cl2NO2. The molecule has 0 saturated carbocycles. The normalized spacial score (nSPS) is 30.4. The van der Waals surface area contributed by atoms with Crippen LogP contribution in [0.3, 0.4) is 0 Å². The highest BCUT2D eigenvalue weighted by atomic mass is 35.5. The molecule has 0 spiro atoms. The van der Waals surface area contributed by atoms with Crippen molar-refractivity contribution in [2.24, 2.45) is 0 Å². The van der Waals surface area contributed by atoms with Gasteiger partial charge in [-0.2, -0.15) is 0 Å². The summed E-state index contributed by atoms with van der Waals surface area (Å²) in [5.41, 5.74) is 0.371. The van der Waals surface area contributed by atoms with Gasteiger partial charge in [0.2, 0.25) is 0 Å². The van der Waals surface area contributed by atoms with Crippen molar-refractivity contribution in [3.63, 3.8) is 0 Å². The minimum atomic E-state index is -0.136. The number of ether oxygens (including phenoxy) is 1. The van der Waals surface area contributed by atoms with Crippen molar-refractivity contribution in [1.82, 2.24) is 4.90 Å². The fourth-order valence-corrected chi connectivity index (χ4v) is 3.15. The van der Waals surface area contributed by atoms with Crippen molar-refractivity contribution in [2.75, 3.05) is 0 Å². The van der Waals surface area contributed by atoms with Crippen molar-refractivity contribution in [3.8, 4) is 0 Å². The lowest BCUT2D eigenvalue weighted by Gasteiger charge is -2.46. The van der Waals surface area contributed by atoms with Crippen LogP contribution >= 0.6 is 23.2 Å². The van der Waals surface area contributed by atoms with E-state index in [4.69, 9.17) is 27.9 Å². The third-order valence-corrected chi connectivity index (χ3v) is 4.71. The number of carbonyl (C=O) groups excluding carboxylic acids is 1. The summed E-state index contributed by atoms with van der Waals surface area (Å²) in [6, 6.07) is 5.05. The SMILES string of the molecule is C[C@@H]1O[C@H](C)[C@@H](C)N(C(=O)c2c(Cl)cccc2Cl)[C@H]1C. The Bertz CT molecular complexity index is 486. The molecule has 3 nitrogen and oxygen atoms in total. The summed E-state index contributed by atoms with van der Waals surface area (Å²) in [5.74, 6) is -0.136. The molecule has 1 amide bonds. The van der Waals surface area contributed by atoms with Crippen LogP contribution in [0, 0.1) is 0 Å². The van der Waals surface area contributed by atoms with Gasteiger partial charge in [0.25, 0.3) is 5.91 Å². The van der Waals surface area contributed by atoms with E-state index in [0.717, 1.165) is 0 Å². The monoisotopic (exact) mass is 315 g/mol. The first-order chi connectivity index (χ1) is 9.34. The highest BCUT2D eigenvalue weighted by Crippen LogP contribution is 2.31. The summed E-state index contributed by atoms with van der Waals surface area (Å²) in [7, 11) is 0. The van der Waals surface area contributed by atoms with Crippen LogP contribution in [0.5, 0.6) is 0 Å². The number of hydrogen-bond acceptors (Lipinski definition) is 2. The predicted octanol–water partition coefficient (Wildman–Crippen LogP) is 4.02. The molecule has 1 aromatic rings. The van der Waals surface area contributed by atoms with E-state index in [9.17, 15) is 4.79 Å². The Hall–Kier alpha value is -0.770. The molecule has 1 aromatic carbocycles. The van der Waals surface area contributed by atoms with E-state index >= 15 is 0 Å². The molecule has 0 aliphatic carbocycles. The average molecular weight is 316 g/mol. The van der Waals surface area contributed by atoms with Crippen LogP contribution in [0.1, 0.15) is 38.1 Å². The number of morpholine rings is 1. The molecule has 110 valence electrons. The molecular weight excluding hydrogens is 297 g/mol. The molecule has 5 heteroatoms. The zero-order valence-corrected chi connectivity index (χ0v) is 13.6. The second kappa shape index (κ2) is 5.92. The maximum Gasteiger partial charge on any atom is 0.257 e. The summed E-state index contributed by atoms with van der Waals surface area (Å²) in [5, 5.41) is 0.766. The Morgan fingerprint density at radius 2 is 1.50 bits per heavy atom. The van der Waals surface area contributed by atoms with E-state index in [0.29, 0.717) is 15.6 Å². The first kappa shape index (κ1) is 15.6. The highest BCUT2D eigenvalue weighted by Gasteiger charge is 2.39. The quantitative estimate of drug-likeness (QED) is 0.783. The number of rotatable bonds is 1. The molecule has 1 fully saturated rings. The van der Waals surface area contributed by atoms with E-state index in [1.807, 2.05) is 32.6 Å². The first-order valence-electron chi connectivity index (χ1n) is 6.76. The minimum Gasteiger partial charge on any atom is -0.371 e. The van der Waals surface area contributed by atoms with Crippen molar-refractivity contribution in [2.45, 2.75) is 52.0 Å². The lowest BCUT2D eigenvalue weighted by molar-refractivity contribution is -0.114. The molecule has 1 aliphatic rings. The van der Waals surface area contributed by atoms with E-state index in [1.54, 1.807) is 18.2 Å². The van der Waals surface area contributed by atoms with Gasteiger partial charge in [-0.15, -0.1) is 0 Å². The first-order valence-corrected chi connectivity index (χ1v) is 7.52. The summed E-state index contributed by atoms with van der Waals surface area (Å²) in [4.78, 5) is 14.7. The lowest BCUT2D eigenvalue weighted by Crippen LogP contribution is -2.59. The Morgan fingerprint density at radius 1 is 1.05 bits per heavy atom. The van der Waals surface area contributed by atoms with Crippen molar-refractivity contribution in [1.29, 1.82) is 0 Å². The molecule has 0 aromatic heterocycles. The van der Waals surface area contributed by atoms with Crippen LogP contribution in [0.15, 0.2) is 18.2 Å². The summed E-state index contributed by atoms with van der Waals surface area (Å²) >= 11 is 12.3. The van der Waals surface area contributed by atoms with Crippen LogP contribution in [0.25, 0.3) is 0 Å². The standard InChI is InChI=1S/C15H19Cl2NO2/c1-8-10(3)20-11(4)9(2)18(8)15(19)14-12(16)6-5-7-13(14)17/h5-11H,1-4H3/t8-,9+,10-,11+. The van der Waals surface area contributed by atoms with Gasteiger partial charge in [0.1, 0.15) is 0 Å². The van der Waals surface area contributed by atoms with Gasteiger partial charge >= 0.3 is 0 Å². The topological polar surface area (TPSA) is 29.5 Å². The van der Waals surface area contributed by atoms with Crippen molar-refractivity contribution < 1.29 is 9.53 Å². The van der Waals surface area contributed by atoms with Crippen LogP contribution in [-0.2, 0) is 4.74 Å². The van der Waals surface area contributed by atoms with Gasteiger partial charge in [-0.25, -0.2) is 0 Å². The number of carbonyl (C=O) groups is 1. The fourth-order valence-electron chi connectivity index (χ4n) is 2.59. The largest absolute Gasteiger partial charge is 0.371 e. The number of halogens is 2. The molecule has 0 radical (unpaired) electrons. The Labute approximate surface area is 129 Å². The maximum absolute atomic E-state index is 12.9. The molecule has 1 heterocycles. The predicted molar refractivity (Wildman–Crippen MR) is 81.6 cm³/mol. The highest BCUT2D eigenvalue weighted by molar-refractivity contribution is 6.39. The molecule has 0 unspecified atom stereocenters. The van der Waals surface area contributed by atoms with Crippen LogP contribution in [0.4, 0.5) is 0 Å². The Balaban J connectivity index is 2.40. The van der Waals surface area contributed by atoms with Crippen molar-refractivity contribution >= 4 is 29.1 Å². The molecule has 20 heavy (non-hydrogen) atoms. The number of nitrogens with zero attached hydrogens (tertiary/aromatic N) is 1. The Morgan fingerprint density at radius 3 is 1.95 bits per heavy atom. The zero-order valence-electron chi connectivity index (χ0n) is 12.1. The van der Waals surface area contributed by atoms with Gasteiger partial charge in [-0.05, 0) is 39.8 Å². The number of hydrogen-bond donors (Lipinski definition) is 0. The van der Waals surface area contributed by atoms with Crippen LogP contribution < -0.4 is 0 Å². The molecule has 4 atom stereocenters. The summed E-state index contributed by atoms with van der Waals surface area (Å²) in [6.07, 6.45) is -0.0437. The van der Waals surface area contributed by atoms with E-state index in [1.165, 1.54) is 0 Å². The van der Waals surface area contributed by atoms with E-state index in [-0.39, 0.29) is 30.2 Å². The zero-order chi connectivity index (χ0) is 15.0. The Kier molecular flexibility index (Phi) is 4.62. The smallest absolute Gasteiger partial charge is 0.257 e. The van der Waals surface area contributed by atoms with Gasteiger partial charge in [-0.1, -0.05) is 29.3 Å². The second-order valence-electron chi connectivity index (χ2n) is 5.34. The van der Waals surface area contributed by atoms with Crippen LogP contribution in [0.2, 0.25) is 10.0 Å². The minimum absolute atomic E-state index is 0.0218. The summed E-state index contributed by atoms with van der Waals surface area (Å²) < 4.78 is 5.83. The van der Waals surface area contributed by atoms with Crippen LogP contribution in [-0.4, -0.2) is 35.1 Å². The number of amides is 1. The molecule has 2 rings (SSSR count). The molecule has 1 aliphatic heterocycles. The van der Waals surface area contributed by atoms with Gasteiger partial charge in [0.05, 0.1) is 39.9 Å². The van der Waals surface area contributed by atoms with Gasteiger partial charge in [-0.3, -0.25) is 4.79 Å². The average Bonchev–Trinajstić information content (AvgIpc) is 2.36. The lowest BCUT2D eigenvalue weighted by atomic mass is 10.0. The third-order valence-electron chi connectivity index (χ3n) is 4.08. The molecule has 0 bridgehead atoms. The van der Waals surface area contributed by atoms with Gasteiger partial charge in [0, 0.05) is 0 Å². The second-order valence-corrected chi connectivity index (χ2v) is 6.15. The fraction of sp³-hybridized carbons (Fsp3) is 0.533. The third kappa shape index (κ3) is 2.67. The van der Waals surface area contributed by atoms with Gasteiger partial charge < -0.3 is 9.64 Å². The van der Waals surface area contributed by atoms with Crippen molar-refractivity contribution in [3.05, 3.63) is 33.8 Å². The van der Waals surface area contributed by atoms with E-state index in [2.05, 4.69) is 0 Å². The number of benzene rings is 1. The molecule has 1 saturated heterocycles. The summed E-state index contributed by atoms with van der Waals surface area (Å²) in [6.45, 7) is 7.91.